The summed E-state index contributed by atoms with van der Waals surface area (Å²) in [5.41, 5.74) is 5.27. The van der Waals surface area contributed by atoms with Crippen LogP contribution in [0.15, 0.2) is 0 Å². The average molecular weight is 327 g/mol. The predicted molar refractivity (Wildman–Crippen MR) is 73.8 cm³/mol. The third kappa shape index (κ3) is 8.22. The van der Waals surface area contributed by atoms with Gasteiger partial charge in [0.1, 0.15) is 24.4 Å². The van der Waals surface area contributed by atoms with Gasteiger partial charge in [0.05, 0.1) is 6.61 Å². The number of aliphatic carboxylic acids is 2. The third-order valence-electron chi connectivity index (χ3n) is 3.05. The molecule has 0 aromatic heterocycles. The Bertz CT molecular complexity index is 339. The molecule has 0 saturated heterocycles. The first-order valence-corrected chi connectivity index (χ1v) is 6.55. The molecule has 0 bridgehead atoms. The van der Waals surface area contributed by atoms with Crippen LogP contribution in [0, 0.1) is 5.92 Å². The third-order valence-corrected chi connectivity index (χ3v) is 3.05. The molecule has 0 fully saturated rings. The summed E-state index contributed by atoms with van der Waals surface area (Å²) >= 11 is 0. The highest BCUT2D eigenvalue weighted by molar-refractivity contribution is 5.73. The fourth-order valence-electron chi connectivity index (χ4n) is 1.17. The van der Waals surface area contributed by atoms with Crippen LogP contribution in [-0.4, -0.2) is 84.7 Å². The van der Waals surface area contributed by atoms with Gasteiger partial charge in [-0.05, 0) is 5.92 Å². The maximum atomic E-state index is 10.2. The zero-order chi connectivity index (χ0) is 18.0. The van der Waals surface area contributed by atoms with Gasteiger partial charge in [-0.25, -0.2) is 4.79 Å². The molecule has 132 valence electrons. The highest BCUT2D eigenvalue weighted by atomic mass is 16.4. The van der Waals surface area contributed by atoms with Crippen LogP contribution in [0.25, 0.3) is 0 Å². The lowest BCUT2D eigenvalue weighted by molar-refractivity contribution is -0.164. The van der Waals surface area contributed by atoms with Crippen LogP contribution in [0.3, 0.4) is 0 Å². The number of rotatable bonds is 8. The van der Waals surface area contributed by atoms with Crippen molar-refractivity contribution in [1.82, 2.24) is 0 Å². The van der Waals surface area contributed by atoms with Gasteiger partial charge in [-0.1, -0.05) is 20.3 Å². The fourth-order valence-corrected chi connectivity index (χ4v) is 1.17. The molecule has 0 aliphatic carbocycles. The maximum Gasteiger partial charge on any atom is 0.335 e. The van der Waals surface area contributed by atoms with Gasteiger partial charge in [0.25, 0.3) is 0 Å². The van der Waals surface area contributed by atoms with Crippen LogP contribution < -0.4 is 5.73 Å². The molecule has 0 radical (unpaired) electrons. The molecule has 0 amide bonds. The Kier molecular flexibility index (Phi) is 11.8. The molecule has 0 aromatic rings. The first kappa shape index (κ1) is 23.0. The highest BCUT2D eigenvalue weighted by Crippen LogP contribution is 2.05. The second kappa shape index (κ2) is 11.3. The van der Waals surface area contributed by atoms with Crippen molar-refractivity contribution in [2.24, 2.45) is 11.7 Å². The van der Waals surface area contributed by atoms with Gasteiger partial charge in [-0.3, -0.25) is 4.79 Å². The number of carboxylic acids is 2. The molecule has 0 unspecified atom stereocenters. The second-order valence-corrected chi connectivity index (χ2v) is 4.76. The Morgan fingerprint density at radius 3 is 1.68 bits per heavy atom. The summed E-state index contributed by atoms with van der Waals surface area (Å²) in [6, 6.07) is -0.699. The lowest BCUT2D eigenvalue weighted by Crippen LogP contribution is -2.48. The van der Waals surface area contributed by atoms with E-state index >= 15 is 0 Å². The Balaban J connectivity index is 0. The Morgan fingerprint density at radius 2 is 1.45 bits per heavy atom. The number of carboxylic acid groups (broad SMARTS) is 2. The number of carbonyl (C=O) groups is 2. The number of aliphatic hydroxyl groups excluding tert-OH is 5. The Morgan fingerprint density at radius 1 is 1.00 bits per heavy atom. The number of nitrogens with two attached hydrogens (primary N) is 1. The lowest BCUT2D eigenvalue weighted by atomic mass is 10.0. The van der Waals surface area contributed by atoms with E-state index in [1.807, 2.05) is 13.8 Å². The summed E-state index contributed by atoms with van der Waals surface area (Å²) < 4.78 is 0. The van der Waals surface area contributed by atoms with Gasteiger partial charge < -0.3 is 41.5 Å². The summed E-state index contributed by atoms with van der Waals surface area (Å²) in [4.78, 5) is 20.3. The summed E-state index contributed by atoms with van der Waals surface area (Å²) in [7, 11) is 0. The Labute approximate surface area is 127 Å². The van der Waals surface area contributed by atoms with Crippen LogP contribution >= 0.6 is 0 Å². The molecule has 10 heteroatoms. The van der Waals surface area contributed by atoms with Crippen molar-refractivity contribution in [3.63, 3.8) is 0 Å². The summed E-state index contributed by atoms with van der Waals surface area (Å²) in [5.74, 6) is -2.57. The van der Waals surface area contributed by atoms with Crippen LogP contribution in [0.1, 0.15) is 20.3 Å². The van der Waals surface area contributed by atoms with Crippen LogP contribution in [0.2, 0.25) is 0 Å². The van der Waals surface area contributed by atoms with Crippen molar-refractivity contribution in [2.75, 3.05) is 6.61 Å². The first-order valence-electron chi connectivity index (χ1n) is 6.55. The van der Waals surface area contributed by atoms with Gasteiger partial charge in [0.15, 0.2) is 6.10 Å². The van der Waals surface area contributed by atoms with E-state index in [0.717, 1.165) is 6.42 Å². The van der Waals surface area contributed by atoms with Gasteiger partial charge in [-0.2, -0.15) is 0 Å². The van der Waals surface area contributed by atoms with E-state index in [1.165, 1.54) is 0 Å². The van der Waals surface area contributed by atoms with Crippen molar-refractivity contribution < 1.29 is 45.3 Å². The van der Waals surface area contributed by atoms with Gasteiger partial charge >= 0.3 is 11.9 Å². The molecule has 0 aliphatic heterocycles. The van der Waals surface area contributed by atoms with Crippen molar-refractivity contribution in [1.29, 1.82) is 0 Å². The summed E-state index contributed by atoms with van der Waals surface area (Å²) in [6.07, 6.45) is -7.02. The molecule has 0 aliphatic rings. The SMILES string of the molecule is CC[C@H](C)[C@H](N)C(=O)O.O=C(O)[C@H](O)[C@@H](O)[C@H](O)[C@H](O)CO. The largest absolute Gasteiger partial charge is 0.480 e. The summed E-state index contributed by atoms with van der Waals surface area (Å²) in [5, 5.41) is 60.2. The Hall–Kier alpha value is -1.30. The number of hydrogen-bond donors (Lipinski definition) is 8. The molecule has 0 saturated carbocycles. The van der Waals surface area contributed by atoms with Gasteiger partial charge in [0, 0.05) is 0 Å². The zero-order valence-electron chi connectivity index (χ0n) is 12.4. The molecule has 9 N–H and O–H groups in total. The minimum Gasteiger partial charge on any atom is -0.480 e. The van der Waals surface area contributed by atoms with Crippen LogP contribution in [-0.2, 0) is 9.59 Å². The van der Waals surface area contributed by atoms with E-state index in [1.54, 1.807) is 0 Å². The number of aliphatic hydroxyl groups is 5. The van der Waals surface area contributed by atoms with Crippen LogP contribution in [0.5, 0.6) is 0 Å². The molecule has 0 spiro atoms. The highest BCUT2D eigenvalue weighted by Gasteiger charge is 2.33. The van der Waals surface area contributed by atoms with E-state index in [-0.39, 0.29) is 5.92 Å². The minimum atomic E-state index is -2.20. The first-order chi connectivity index (χ1) is 10.0. The van der Waals surface area contributed by atoms with Crippen molar-refractivity contribution in [3.05, 3.63) is 0 Å². The molecule has 0 heterocycles. The van der Waals surface area contributed by atoms with E-state index in [0.29, 0.717) is 0 Å². The van der Waals surface area contributed by atoms with E-state index in [4.69, 9.17) is 41.5 Å². The molecule has 0 rings (SSSR count). The maximum absolute atomic E-state index is 10.2. The fraction of sp³-hybridized carbons (Fsp3) is 0.833. The van der Waals surface area contributed by atoms with Crippen LogP contribution in [0.4, 0.5) is 0 Å². The lowest BCUT2D eigenvalue weighted by Gasteiger charge is -2.23. The van der Waals surface area contributed by atoms with Gasteiger partial charge in [-0.15, -0.1) is 0 Å². The number of hydrogen-bond acceptors (Lipinski definition) is 8. The predicted octanol–water partition coefficient (Wildman–Crippen LogP) is -3.05. The van der Waals surface area contributed by atoms with E-state index < -0.39 is 49.0 Å². The van der Waals surface area contributed by atoms with Crippen molar-refractivity contribution >= 4 is 11.9 Å². The van der Waals surface area contributed by atoms with Crippen molar-refractivity contribution in [3.8, 4) is 0 Å². The van der Waals surface area contributed by atoms with Crippen molar-refractivity contribution in [2.45, 2.75) is 50.7 Å². The molecular formula is C12H25NO9. The molecule has 10 nitrogen and oxygen atoms in total. The second-order valence-electron chi connectivity index (χ2n) is 4.76. The minimum absolute atomic E-state index is 0.0718. The molecule has 0 aromatic carbocycles. The standard InChI is InChI=1S/C6H13NO2.C6H12O7/c1-3-4(2)5(7)6(8)9;7-1-2(8)3(9)4(10)5(11)6(12)13/h4-5H,3,7H2,1-2H3,(H,8,9);2-5,7-11H,1H2,(H,12,13)/t4-,5-;2-,3-,4+,5-/m01/s1. The molecule has 6 atom stereocenters. The normalized spacial score (nSPS) is 18.9. The van der Waals surface area contributed by atoms with E-state index in [2.05, 4.69) is 0 Å². The van der Waals surface area contributed by atoms with E-state index in [9.17, 15) is 9.59 Å². The smallest absolute Gasteiger partial charge is 0.335 e. The monoisotopic (exact) mass is 327 g/mol. The molecule has 22 heavy (non-hydrogen) atoms. The molecular weight excluding hydrogens is 302 g/mol. The average Bonchev–Trinajstić information content (AvgIpc) is 2.50. The quantitative estimate of drug-likeness (QED) is 0.226. The summed E-state index contributed by atoms with van der Waals surface area (Å²) in [6.45, 7) is 2.91. The topological polar surface area (TPSA) is 202 Å². The van der Waals surface area contributed by atoms with Gasteiger partial charge in [0.2, 0.25) is 0 Å². The zero-order valence-corrected chi connectivity index (χ0v) is 12.4.